The zero-order valence-corrected chi connectivity index (χ0v) is 18.8. The Morgan fingerprint density at radius 2 is 1.94 bits per heavy atom. The van der Waals surface area contributed by atoms with E-state index in [-0.39, 0.29) is 18.0 Å². The molecule has 32 heavy (non-hydrogen) atoms. The number of piperidine rings is 1. The highest BCUT2D eigenvalue weighted by atomic mass is 32.1. The highest BCUT2D eigenvalue weighted by molar-refractivity contribution is 7.15. The molecule has 1 aliphatic carbocycles. The Hall–Kier alpha value is -3.19. The number of carbonyl (C=O) groups excluding carboxylic acids is 1. The van der Waals surface area contributed by atoms with Gasteiger partial charge in [0.1, 0.15) is 11.2 Å². The number of thiazole rings is 1. The molecule has 0 spiro atoms. The average molecular weight is 445 g/mol. The molecule has 7 heteroatoms. The molecule has 1 amide bonds. The van der Waals surface area contributed by atoms with E-state index < -0.39 is 0 Å². The quantitative estimate of drug-likeness (QED) is 0.457. The van der Waals surface area contributed by atoms with Gasteiger partial charge in [0.05, 0.1) is 15.9 Å². The molecule has 0 radical (unpaired) electrons. The summed E-state index contributed by atoms with van der Waals surface area (Å²) in [5.41, 5.74) is 3.20. The first-order valence-electron chi connectivity index (χ1n) is 11.0. The maximum atomic E-state index is 13.7. The van der Waals surface area contributed by atoms with Gasteiger partial charge >= 0.3 is 0 Å². The van der Waals surface area contributed by atoms with Crippen LogP contribution in [0, 0.1) is 18.8 Å². The number of aryl methyl sites for hydroxylation is 1. The van der Waals surface area contributed by atoms with Crippen LogP contribution in [0.1, 0.15) is 28.8 Å². The van der Waals surface area contributed by atoms with Gasteiger partial charge in [-0.15, -0.1) is 11.3 Å². The molecule has 1 aliphatic heterocycles. The molecule has 1 saturated heterocycles. The molecule has 162 valence electrons. The number of anilines is 1. The Labute approximate surface area is 190 Å². The van der Waals surface area contributed by atoms with E-state index in [9.17, 15) is 4.79 Å². The van der Waals surface area contributed by atoms with Crippen molar-refractivity contribution in [3.8, 4) is 10.4 Å². The zero-order valence-electron chi connectivity index (χ0n) is 18.0. The summed E-state index contributed by atoms with van der Waals surface area (Å²) in [6, 6.07) is 18.4. The third-order valence-corrected chi connectivity index (χ3v) is 7.62. The summed E-state index contributed by atoms with van der Waals surface area (Å²) in [5.74, 6) is 1.12. The van der Waals surface area contributed by atoms with E-state index in [2.05, 4.69) is 22.2 Å². The fourth-order valence-corrected chi connectivity index (χ4v) is 5.99. The topological polar surface area (TPSA) is 71.3 Å². The fraction of sp³-hybridized carbons (Fsp3) is 0.320. The lowest BCUT2D eigenvalue weighted by atomic mass is 10.0. The summed E-state index contributed by atoms with van der Waals surface area (Å²) < 4.78 is 5.87. The number of hydrogen-bond acceptors (Lipinski definition) is 6. The van der Waals surface area contributed by atoms with Crippen molar-refractivity contribution in [1.29, 1.82) is 0 Å². The van der Waals surface area contributed by atoms with Crippen molar-refractivity contribution in [2.45, 2.75) is 32.4 Å². The van der Waals surface area contributed by atoms with Crippen LogP contribution in [0.4, 0.5) is 6.01 Å². The third kappa shape index (κ3) is 3.28. The summed E-state index contributed by atoms with van der Waals surface area (Å²) in [4.78, 5) is 25.9. The van der Waals surface area contributed by atoms with E-state index in [0.717, 1.165) is 33.1 Å². The van der Waals surface area contributed by atoms with Crippen LogP contribution in [0.15, 0.2) is 59.0 Å². The van der Waals surface area contributed by atoms with Crippen LogP contribution in [0.25, 0.3) is 21.5 Å². The number of hydrogen-bond donors (Lipinski definition) is 1. The fourth-order valence-electron chi connectivity index (χ4n) is 5.07. The lowest BCUT2D eigenvalue weighted by Crippen LogP contribution is -2.47. The van der Waals surface area contributed by atoms with Crippen LogP contribution in [0.5, 0.6) is 0 Å². The van der Waals surface area contributed by atoms with Gasteiger partial charge in [0.25, 0.3) is 11.9 Å². The van der Waals surface area contributed by atoms with Crippen molar-refractivity contribution in [2.75, 3.05) is 11.9 Å². The normalized spacial score (nSPS) is 22.7. The SMILES string of the molecule is Cc1nc(C(=O)N2C[C@H]3CC3[C@H]2[C@H](C)Nc2nc3ccccc3o2)c(-c2ccccc2)s1. The Morgan fingerprint density at radius 3 is 2.75 bits per heavy atom. The standard InChI is InChI=1S/C25H24N4O2S/c1-14(26-25-28-19-10-6-7-11-20(19)31-25)22-18-12-17(18)13-29(22)24(30)21-23(32-15(2)27-21)16-8-4-3-5-9-16/h3-11,14,17-18,22H,12-13H2,1-2H3,(H,26,28)/t14-,17+,18?,22+/m0/s1. The number of para-hydroxylation sites is 2. The monoisotopic (exact) mass is 444 g/mol. The summed E-state index contributed by atoms with van der Waals surface area (Å²) in [6.07, 6.45) is 1.18. The van der Waals surface area contributed by atoms with Gasteiger partial charge in [-0.2, -0.15) is 4.98 Å². The predicted octanol–water partition coefficient (Wildman–Crippen LogP) is 5.22. The second kappa shape index (κ2) is 7.45. The van der Waals surface area contributed by atoms with Crippen molar-refractivity contribution < 1.29 is 9.21 Å². The molecule has 4 aromatic rings. The van der Waals surface area contributed by atoms with Crippen LogP contribution < -0.4 is 5.32 Å². The lowest BCUT2D eigenvalue weighted by molar-refractivity contribution is 0.0688. The molecule has 2 aromatic heterocycles. The minimum Gasteiger partial charge on any atom is -0.424 e. The molecule has 0 bridgehead atoms. The van der Waals surface area contributed by atoms with Crippen LogP contribution >= 0.6 is 11.3 Å². The summed E-state index contributed by atoms with van der Waals surface area (Å²) >= 11 is 1.58. The van der Waals surface area contributed by atoms with Gasteiger partial charge in [-0.05, 0) is 49.8 Å². The van der Waals surface area contributed by atoms with Gasteiger partial charge in [0.2, 0.25) is 0 Å². The number of likely N-dealkylation sites (tertiary alicyclic amines) is 1. The Balaban J connectivity index is 1.28. The molecular formula is C25H24N4O2S. The zero-order chi connectivity index (χ0) is 21.8. The molecule has 3 heterocycles. The molecule has 1 N–H and O–H groups in total. The van der Waals surface area contributed by atoms with Crippen molar-refractivity contribution in [3.63, 3.8) is 0 Å². The number of nitrogens with zero attached hydrogens (tertiary/aromatic N) is 3. The molecule has 2 fully saturated rings. The Kier molecular flexibility index (Phi) is 4.54. The predicted molar refractivity (Wildman–Crippen MR) is 126 cm³/mol. The van der Waals surface area contributed by atoms with Gasteiger partial charge in [0, 0.05) is 12.6 Å². The number of fused-ring (bicyclic) bond motifs is 2. The van der Waals surface area contributed by atoms with E-state index in [1.165, 1.54) is 6.42 Å². The van der Waals surface area contributed by atoms with Gasteiger partial charge in [0.15, 0.2) is 5.58 Å². The molecule has 6 rings (SSSR count). The number of benzene rings is 2. The smallest absolute Gasteiger partial charge is 0.295 e. The van der Waals surface area contributed by atoms with Crippen molar-refractivity contribution >= 4 is 34.4 Å². The summed E-state index contributed by atoms with van der Waals surface area (Å²) in [6.45, 7) is 4.87. The molecular weight excluding hydrogens is 420 g/mol. The first-order chi connectivity index (χ1) is 15.6. The highest BCUT2D eigenvalue weighted by Crippen LogP contribution is 2.51. The van der Waals surface area contributed by atoms with E-state index in [1.54, 1.807) is 11.3 Å². The number of oxazole rings is 1. The van der Waals surface area contributed by atoms with Crippen LogP contribution in [-0.2, 0) is 0 Å². The number of nitrogens with one attached hydrogen (secondary N) is 1. The maximum Gasteiger partial charge on any atom is 0.295 e. The highest BCUT2D eigenvalue weighted by Gasteiger charge is 2.56. The third-order valence-electron chi connectivity index (χ3n) is 6.60. The first-order valence-corrected chi connectivity index (χ1v) is 11.9. The molecule has 1 saturated carbocycles. The first kappa shape index (κ1) is 19.5. The lowest BCUT2D eigenvalue weighted by Gasteiger charge is -2.32. The molecule has 6 nitrogen and oxygen atoms in total. The van der Waals surface area contributed by atoms with Gasteiger partial charge < -0.3 is 14.6 Å². The van der Waals surface area contributed by atoms with Gasteiger partial charge in [-0.1, -0.05) is 42.5 Å². The molecule has 4 atom stereocenters. The van der Waals surface area contributed by atoms with Crippen molar-refractivity contribution in [3.05, 3.63) is 65.3 Å². The van der Waals surface area contributed by atoms with E-state index in [0.29, 0.717) is 23.5 Å². The van der Waals surface area contributed by atoms with Gasteiger partial charge in [-0.3, -0.25) is 4.79 Å². The Morgan fingerprint density at radius 1 is 1.16 bits per heavy atom. The minimum atomic E-state index is 0.0180. The average Bonchev–Trinajstić information content (AvgIpc) is 3.14. The number of amides is 1. The second-order valence-electron chi connectivity index (χ2n) is 8.80. The van der Waals surface area contributed by atoms with E-state index in [1.807, 2.05) is 66.4 Å². The van der Waals surface area contributed by atoms with Crippen LogP contribution in [-0.4, -0.2) is 39.4 Å². The van der Waals surface area contributed by atoms with Crippen LogP contribution in [0.3, 0.4) is 0 Å². The van der Waals surface area contributed by atoms with Gasteiger partial charge in [-0.25, -0.2) is 4.98 Å². The molecule has 2 aliphatic rings. The molecule has 1 unspecified atom stereocenters. The van der Waals surface area contributed by atoms with Crippen molar-refractivity contribution in [2.24, 2.45) is 11.8 Å². The van der Waals surface area contributed by atoms with Crippen molar-refractivity contribution in [1.82, 2.24) is 14.9 Å². The van der Waals surface area contributed by atoms with E-state index >= 15 is 0 Å². The van der Waals surface area contributed by atoms with Crippen LogP contribution in [0.2, 0.25) is 0 Å². The number of aromatic nitrogens is 2. The Bertz CT molecular complexity index is 1260. The summed E-state index contributed by atoms with van der Waals surface area (Å²) in [5, 5.41) is 4.34. The summed E-state index contributed by atoms with van der Waals surface area (Å²) in [7, 11) is 0. The van der Waals surface area contributed by atoms with E-state index in [4.69, 9.17) is 4.42 Å². The molecule has 2 aromatic carbocycles. The number of carbonyl (C=O) groups is 1. The second-order valence-corrected chi connectivity index (χ2v) is 10.0. The minimum absolute atomic E-state index is 0.0180. The number of rotatable bonds is 5. The maximum absolute atomic E-state index is 13.7. The largest absolute Gasteiger partial charge is 0.424 e.